The van der Waals surface area contributed by atoms with E-state index in [-0.39, 0.29) is 11.8 Å². The number of halogens is 1. The SMILES string of the molecule is COc1ccc(O)c(CN[C@H](C)c2ccc(Cl)cc2)c1. The molecule has 0 spiro atoms. The largest absolute Gasteiger partial charge is 0.508 e. The average Bonchev–Trinajstić information content (AvgIpc) is 2.47. The Labute approximate surface area is 124 Å². The summed E-state index contributed by atoms with van der Waals surface area (Å²) in [6, 6.07) is 13.1. The van der Waals surface area contributed by atoms with Gasteiger partial charge in [-0.15, -0.1) is 0 Å². The zero-order valence-electron chi connectivity index (χ0n) is 11.6. The lowest BCUT2D eigenvalue weighted by Crippen LogP contribution is -2.18. The van der Waals surface area contributed by atoms with Gasteiger partial charge < -0.3 is 15.2 Å². The number of hydrogen-bond acceptors (Lipinski definition) is 3. The Morgan fingerprint density at radius 3 is 2.55 bits per heavy atom. The molecule has 0 saturated heterocycles. The van der Waals surface area contributed by atoms with Crippen LogP contribution in [0.2, 0.25) is 5.02 Å². The standard InChI is InChI=1S/C16H18ClNO2/c1-11(12-3-5-14(17)6-4-12)18-10-13-9-15(20-2)7-8-16(13)19/h3-9,11,18-19H,10H2,1-2H3/t11-/m1/s1. The van der Waals surface area contributed by atoms with Crippen LogP contribution in [0.3, 0.4) is 0 Å². The minimum Gasteiger partial charge on any atom is -0.508 e. The first kappa shape index (κ1) is 14.7. The van der Waals surface area contributed by atoms with Crippen LogP contribution < -0.4 is 10.1 Å². The van der Waals surface area contributed by atoms with Crippen molar-refractivity contribution in [3.05, 3.63) is 58.6 Å². The first-order valence-electron chi connectivity index (χ1n) is 6.45. The molecule has 3 nitrogen and oxygen atoms in total. The fourth-order valence-corrected chi connectivity index (χ4v) is 2.09. The van der Waals surface area contributed by atoms with Crippen LogP contribution >= 0.6 is 11.6 Å². The molecule has 106 valence electrons. The predicted octanol–water partition coefficient (Wildman–Crippen LogP) is 3.91. The number of aromatic hydroxyl groups is 1. The third kappa shape index (κ3) is 3.65. The van der Waals surface area contributed by atoms with Crippen LogP contribution in [0, 0.1) is 0 Å². The first-order valence-corrected chi connectivity index (χ1v) is 6.82. The minimum atomic E-state index is 0.165. The van der Waals surface area contributed by atoms with Crippen molar-refractivity contribution < 1.29 is 9.84 Å². The number of nitrogens with one attached hydrogen (secondary N) is 1. The van der Waals surface area contributed by atoms with E-state index in [1.54, 1.807) is 19.2 Å². The number of benzene rings is 2. The zero-order chi connectivity index (χ0) is 14.5. The second-order valence-corrected chi connectivity index (χ2v) is 5.09. The molecule has 4 heteroatoms. The van der Waals surface area contributed by atoms with Crippen LogP contribution in [0.15, 0.2) is 42.5 Å². The van der Waals surface area contributed by atoms with Gasteiger partial charge >= 0.3 is 0 Å². The van der Waals surface area contributed by atoms with Crippen LogP contribution in [0.1, 0.15) is 24.1 Å². The molecule has 0 saturated carbocycles. The molecule has 0 amide bonds. The molecule has 0 aliphatic heterocycles. The molecule has 0 aromatic heterocycles. The summed E-state index contributed by atoms with van der Waals surface area (Å²) in [5, 5.41) is 13.9. The van der Waals surface area contributed by atoms with Gasteiger partial charge in [-0.25, -0.2) is 0 Å². The Hall–Kier alpha value is -1.71. The summed E-state index contributed by atoms with van der Waals surface area (Å²) in [5.74, 6) is 1.00. The molecule has 20 heavy (non-hydrogen) atoms. The molecule has 0 unspecified atom stereocenters. The van der Waals surface area contributed by atoms with E-state index in [1.807, 2.05) is 30.3 Å². The van der Waals surface area contributed by atoms with Crippen molar-refractivity contribution in [2.24, 2.45) is 0 Å². The second-order valence-electron chi connectivity index (χ2n) is 4.65. The summed E-state index contributed by atoms with van der Waals surface area (Å²) in [4.78, 5) is 0. The molecule has 2 rings (SSSR count). The van der Waals surface area contributed by atoms with Crippen molar-refractivity contribution in [1.29, 1.82) is 0 Å². The molecule has 2 aromatic carbocycles. The highest BCUT2D eigenvalue weighted by Gasteiger charge is 2.08. The van der Waals surface area contributed by atoms with Crippen molar-refractivity contribution in [2.75, 3.05) is 7.11 Å². The summed E-state index contributed by atoms with van der Waals surface area (Å²) >= 11 is 5.88. The molecule has 0 aliphatic carbocycles. The van der Waals surface area contributed by atoms with Crippen molar-refractivity contribution in [2.45, 2.75) is 19.5 Å². The van der Waals surface area contributed by atoms with Crippen LogP contribution in [0.5, 0.6) is 11.5 Å². The molecule has 1 atom stereocenters. The van der Waals surface area contributed by atoms with Crippen LogP contribution in [0.4, 0.5) is 0 Å². The molecule has 0 radical (unpaired) electrons. The van der Waals surface area contributed by atoms with Gasteiger partial charge in [0.2, 0.25) is 0 Å². The zero-order valence-corrected chi connectivity index (χ0v) is 12.3. The van der Waals surface area contributed by atoms with Gasteiger partial charge in [-0.05, 0) is 42.8 Å². The number of rotatable bonds is 5. The Morgan fingerprint density at radius 1 is 1.20 bits per heavy atom. The Morgan fingerprint density at radius 2 is 1.90 bits per heavy atom. The lowest BCUT2D eigenvalue weighted by atomic mass is 10.1. The van der Waals surface area contributed by atoms with Crippen LogP contribution in [-0.4, -0.2) is 12.2 Å². The van der Waals surface area contributed by atoms with E-state index < -0.39 is 0 Å². The molecule has 2 N–H and O–H groups in total. The lowest BCUT2D eigenvalue weighted by Gasteiger charge is -2.15. The summed E-state index contributed by atoms with van der Waals surface area (Å²) in [6.07, 6.45) is 0. The van der Waals surface area contributed by atoms with Gasteiger partial charge in [0.05, 0.1) is 7.11 Å². The maximum Gasteiger partial charge on any atom is 0.120 e. The third-order valence-corrected chi connectivity index (χ3v) is 3.51. The number of hydrogen-bond donors (Lipinski definition) is 2. The monoisotopic (exact) mass is 291 g/mol. The Balaban J connectivity index is 2.02. The van der Waals surface area contributed by atoms with E-state index in [4.69, 9.17) is 16.3 Å². The van der Waals surface area contributed by atoms with E-state index in [2.05, 4.69) is 12.2 Å². The number of phenols is 1. The highest BCUT2D eigenvalue weighted by molar-refractivity contribution is 6.30. The number of ether oxygens (including phenoxy) is 1. The first-order chi connectivity index (χ1) is 9.60. The predicted molar refractivity (Wildman–Crippen MR) is 81.4 cm³/mol. The van der Waals surface area contributed by atoms with E-state index in [9.17, 15) is 5.11 Å². The molecule has 0 heterocycles. The van der Waals surface area contributed by atoms with Gasteiger partial charge in [0.25, 0.3) is 0 Å². The highest BCUT2D eigenvalue weighted by Crippen LogP contribution is 2.24. The van der Waals surface area contributed by atoms with E-state index in [1.165, 1.54) is 0 Å². The second kappa shape index (κ2) is 6.64. The van der Waals surface area contributed by atoms with Crippen LogP contribution in [0.25, 0.3) is 0 Å². The molecule has 0 bridgehead atoms. The van der Waals surface area contributed by atoms with Crippen molar-refractivity contribution >= 4 is 11.6 Å². The van der Waals surface area contributed by atoms with Gasteiger partial charge in [-0.1, -0.05) is 23.7 Å². The van der Waals surface area contributed by atoms with Gasteiger partial charge in [0.1, 0.15) is 11.5 Å². The highest BCUT2D eigenvalue weighted by atomic mass is 35.5. The number of methoxy groups -OCH3 is 1. The maximum absolute atomic E-state index is 9.84. The van der Waals surface area contributed by atoms with E-state index >= 15 is 0 Å². The normalized spacial score (nSPS) is 12.2. The topological polar surface area (TPSA) is 41.5 Å². The van der Waals surface area contributed by atoms with Crippen molar-refractivity contribution in [3.8, 4) is 11.5 Å². The van der Waals surface area contributed by atoms with Gasteiger partial charge in [-0.3, -0.25) is 0 Å². The molecular formula is C16H18ClNO2. The van der Waals surface area contributed by atoms with E-state index in [0.717, 1.165) is 21.9 Å². The lowest BCUT2D eigenvalue weighted by molar-refractivity contribution is 0.409. The maximum atomic E-state index is 9.84. The summed E-state index contributed by atoms with van der Waals surface area (Å²) in [7, 11) is 1.61. The van der Waals surface area contributed by atoms with Crippen LogP contribution in [-0.2, 0) is 6.54 Å². The Bertz CT molecular complexity index is 569. The smallest absolute Gasteiger partial charge is 0.120 e. The van der Waals surface area contributed by atoms with Gasteiger partial charge in [0, 0.05) is 23.2 Å². The van der Waals surface area contributed by atoms with Crippen molar-refractivity contribution in [3.63, 3.8) is 0 Å². The van der Waals surface area contributed by atoms with E-state index in [0.29, 0.717) is 6.54 Å². The van der Waals surface area contributed by atoms with Gasteiger partial charge in [-0.2, -0.15) is 0 Å². The number of phenolic OH excluding ortho intramolecular Hbond substituents is 1. The third-order valence-electron chi connectivity index (χ3n) is 3.26. The summed E-state index contributed by atoms with van der Waals surface area (Å²) < 4.78 is 5.16. The molecule has 0 fully saturated rings. The summed E-state index contributed by atoms with van der Waals surface area (Å²) in [5.41, 5.74) is 1.96. The fourth-order valence-electron chi connectivity index (χ4n) is 1.96. The molecule has 2 aromatic rings. The minimum absolute atomic E-state index is 0.165. The Kier molecular flexibility index (Phi) is 4.88. The fraction of sp³-hybridized carbons (Fsp3) is 0.250. The van der Waals surface area contributed by atoms with Crippen molar-refractivity contribution in [1.82, 2.24) is 5.32 Å². The molecular weight excluding hydrogens is 274 g/mol. The van der Waals surface area contributed by atoms with Gasteiger partial charge in [0.15, 0.2) is 0 Å². The summed E-state index contributed by atoms with van der Waals surface area (Å²) in [6.45, 7) is 2.63. The molecule has 0 aliphatic rings. The quantitative estimate of drug-likeness (QED) is 0.878. The average molecular weight is 292 g/mol.